The van der Waals surface area contributed by atoms with Crippen LogP contribution < -0.4 is 9.47 Å². The standard InChI is InChI=1S/C39H43F4N3O10S2/c1-39(21-6-9-24-57(50,51)52)29(15-11-13-27-18-17-26-12-4-5-14-28(26)44(27)22-8-10-25-58(53,54)55)45(38-33(39)34(40)35(41)36(42)37(38)43)23-7-2-3-16-32(49)56-46-30(47)19-20-31(46)48/h4-5,11-15,17-18H,2-3,6-10,16,19-25H2,1H3,(H-,50,51,52,53,54,55). The van der Waals surface area contributed by atoms with Gasteiger partial charge in [0.05, 0.1) is 21.6 Å². The van der Waals surface area contributed by atoms with Crippen molar-refractivity contribution >= 4 is 60.7 Å². The number of unbranched alkanes of at least 4 members (excludes halogenated alkanes) is 4. The summed E-state index contributed by atoms with van der Waals surface area (Å²) in [6.45, 7) is 1.74. The number of hydrogen-bond donors (Lipinski definition) is 1. The van der Waals surface area contributed by atoms with Crippen LogP contribution in [0.2, 0.25) is 0 Å². The number of hydroxylamine groups is 2. The molecule has 0 bridgehead atoms. The van der Waals surface area contributed by atoms with Crippen LogP contribution in [0.4, 0.5) is 23.2 Å². The number of fused-ring (bicyclic) bond motifs is 2. The zero-order valence-electron chi connectivity index (χ0n) is 31.6. The third kappa shape index (κ3) is 10.5. The number of allylic oxidation sites excluding steroid dienone is 3. The van der Waals surface area contributed by atoms with Crippen molar-refractivity contribution in [2.75, 3.05) is 23.0 Å². The molecule has 1 atom stereocenters. The number of imide groups is 1. The van der Waals surface area contributed by atoms with Crippen LogP contribution in [0, 0.1) is 23.3 Å². The second-order valence-electron chi connectivity index (χ2n) is 14.4. The molecule has 0 aliphatic carbocycles. The van der Waals surface area contributed by atoms with E-state index in [1.54, 1.807) is 18.2 Å². The number of rotatable bonds is 19. The monoisotopic (exact) mass is 853 g/mol. The molecule has 1 aromatic heterocycles. The predicted octanol–water partition coefficient (Wildman–Crippen LogP) is 5.91. The third-order valence-electron chi connectivity index (χ3n) is 10.2. The number of para-hydroxylation sites is 1. The van der Waals surface area contributed by atoms with Crippen LogP contribution >= 0.6 is 0 Å². The molecular weight excluding hydrogens is 811 g/mol. The van der Waals surface area contributed by atoms with E-state index in [4.69, 9.17) is 4.84 Å². The molecule has 0 spiro atoms. The first-order chi connectivity index (χ1) is 27.3. The molecule has 13 nitrogen and oxygen atoms in total. The molecule has 2 aliphatic rings. The summed E-state index contributed by atoms with van der Waals surface area (Å²) >= 11 is 0. The van der Waals surface area contributed by atoms with Crippen molar-refractivity contribution in [1.82, 2.24) is 5.06 Å². The Hall–Kier alpha value is -4.72. The molecule has 1 saturated heterocycles. The number of pyridine rings is 1. The fourth-order valence-corrected chi connectivity index (χ4v) is 8.55. The van der Waals surface area contributed by atoms with E-state index in [0.717, 1.165) is 10.9 Å². The van der Waals surface area contributed by atoms with Gasteiger partial charge >= 0.3 is 5.97 Å². The van der Waals surface area contributed by atoms with Gasteiger partial charge in [-0.25, -0.2) is 30.8 Å². The fourth-order valence-electron chi connectivity index (χ4n) is 7.43. The van der Waals surface area contributed by atoms with Crippen molar-refractivity contribution in [3.63, 3.8) is 0 Å². The first kappa shape index (κ1) is 44.4. The summed E-state index contributed by atoms with van der Waals surface area (Å²) < 4.78 is 129. The van der Waals surface area contributed by atoms with E-state index in [1.165, 1.54) is 17.9 Å². The summed E-state index contributed by atoms with van der Waals surface area (Å²) in [5.41, 5.74) is -0.956. The van der Waals surface area contributed by atoms with Crippen LogP contribution in [-0.4, -0.2) is 66.8 Å². The molecule has 1 fully saturated rings. The maximum absolute atomic E-state index is 15.9. The summed E-state index contributed by atoms with van der Waals surface area (Å²) in [7, 11) is -8.78. The van der Waals surface area contributed by atoms with Crippen LogP contribution in [-0.2, 0) is 51.4 Å². The number of hydrogen-bond acceptors (Lipinski definition) is 10. The summed E-state index contributed by atoms with van der Waals surface area (Å²) in [5.74, 6) is -10.6. The number of halogens is 4. The molecule has 2 amide bonds. The largest absolute Gasteiger partial charge is 0.748 e. The quantitative estimate of drug-likeness (QED) is 0.0288. The molecule has 5 rings (SSSR count). The van der Waals surface area contributed by atoms with Gasteiger partial charge in [-0.2, -0.15) is 13.0 Å². The predicted molar refractivity (Wildman–Crippen MR) is 202 cm³/mol. The minimum atomic E-state index is -4.42. The number of benzene rings is 2. The number of aryl methyl sites for hydroxylation is 1. The van der Waals surface area contributed by atoms with Crippen LogP contribution in [0.25, 0.3) is 17.0 Å². The average Bonchev–Trinajstić information content (AvgIpc) is 3.60. The lowest BCUT2D eigenvalue weighted by Crippen LogP contribution is -2.38. The van der Waals surface area contributed by atoms with Gasteiger partial charge in [-0.05, 0) is 57.2 Å². The number of carbonyl (C=O) groups is 3. The van der Waals surface area contributed by atoms with Gasteiger partial charge in [0.15, 0.2) is 23.3 Å². The molecular formula is C39H43F4N3O10S2. The van der Waals surface area contributed by atoms with Crippen molar-refractivity contribution in [2.45, 2.75) is 89.5 Å². The maximum atomic E-state index is 15.9. The Bertz CT molecular complexity index is 2360. The Labute approximate surface area is 333 Å². The van der Waals surface area contributed by atoms with Gasteiger partial charge in [-0.3, -0.25) is 14.1 Å². The van der Waals surface area contributed by atoms with E-state index >= 15 is 8.78 Å². The normalized spacial score (nSPS) is 18.0. The first-order valence-electron chi connectivity index (χ1n) is 18.7. The SMILES string of the molecule is CC1(CCCCS(=O)(=O)O)C(=CC=Cc2ccc3ccccc3[n+]2CCCCS(=O)(=O)[O-])N(CCCCCC(=O)ON2C(=O)CCC2=O)c2c(F)c(F)c(F)c(F)c21. The molecule has 314 valence electrons. The minimum Gasteiger partial charge on any atom is -0.748 e. The van der Waals surface area contributed by atoms with Gasteiger partial charge in [0, 0.05) is 78.3 Å². The van der Waals surface area contributed by atoms with Crippen molar-refractivity contribution < 1.29 is 67.3 Å². The molecule has 3 heterocycles. The second-order valence-corrected chi connectivity index (χ2v) is 17.5. The number of carbonyl (C=O) groups excluding carboxylic acids is 3. The first-order valence-corrected chi connectivity index (χ1v) is 21.9. The lowest BCUT2D eigenvalue weighted by Gasteiger charge is -2.30. The highest BCUT2D eigenvalue weighted by Crippen LogP contribution is 2.54. The van der Waals surface area contributed by atoms with E-state index in [9.17, 15) is 49.1 Å². The van der Waals surface area contributed by atoms with Gasteiger partial charge in [-0.15, -0.1) is 5.06 Å². The number of nitrogens with zero attached hydrogens (tertiary/aromatic N) is 3. The van der Waals surface area contributed by atoms with Gasteiger partial charge in [0.1, 0.15) is 6.54 Å². The average molecular weight is 854 g/mol. The van der Waals surface area contributed by atoms with E-state index in [0.29, 0.717) is 23.7 Å². The third-order valence-corrected chi connectivity index (χ3v) is 11.8. The Morgan fingerprint density at radius 3 is 2.24 bits per heavy atom. The molecule has 0 radical (unpaired) electrons. The van der Waals surface area contributed by atoms with Crippen LogP contribution in [0.3, 0.4) is 0 Å². The topological polar surface area (TPSA) is 182 Å². The van der Waals surface area contributed by atoms with Gasteiger partial charge in [-0.1, -0.05) is 31.1 Å². The van der Waals surface area contributed by atoms with Crippen LogP contribution in [0.5, 0.6) is 0 Å². The molecule has 19 heteroatoms. The summed E-state index contributed by atoms with van der Waals surface area (Å²) in [4.78, 5) is 42.1. The van der Waals surface area contributed by atoms with Crippen LogP contribution in [0.15, 0.2) is 54.2 Å². The molecule has 2 aliphatic heterocycles. The van der Waals surface area contributed by atoms with E-state index in [2.05, 4.69) is 0 Å². The van der Waals surface area contributed by atoms with Crippen LogP contribution in [0.1, 0.15) is 88.8 Å². The molecule has 2 aromatic carbocycles. The van der Waals surface area contributed by atoms with Gasteiger partial charge in [0.2, 0.25) is 11.2 Å². The van der Waals surface area contributed by atoms with Crippen molar-refractivity contribution in [2.24, 2.45) is 0 Å². The molecule has 0 saturated carbocycles. The summed E-state index contributed by atoms with van der Waals surface area (Å²) in [5, 5.41) is 1.29. The van der Waals surface area contributed by atoms with Gasteiger partial charge in [0.25, 0.3) is 21.9 Å². The van der Waals surface area contributed by atoms with Crippen molar-refractivity contribution in [1.29, 1.82) is 0 Å². The minimum absolute atomic E-state index is 0.0402. The Morgan fingerprint density at radius 2 is 1.55 bits per heavy atom. The number of aromatic nitrogens is 1. The Kier molecular flexibility index (Phi) is 14.1. The van der Waals surface area contributed by atoms with E-state index < -0.39 is 89.5 Å². The highest BCUT2D eigenvalue weighted by Gasteiger charge is 2.49. The molecule has 1 unspecified atom stereocenters. The molecule has 3 aromatic rings. The van der Waals surface area contributed by atoms with E-state index in [-0.39, 0.29) is 76.5 Å². The lowest BCUT2D eigenvalue weighted by atomic mass is 9.76. The van der Waals surface area contributed by atoms with Gasteiger partial charge < -0.3 is 14.3 Å². The maximum Gasteiger partial charge on any atom is 0.333 e. The second kappa shape index (κ2) is 18.5. The van der Waals surface area contributed by atoms with Crippen molar-refractivity contribution in [3.05, 3.63) is 88.8 Å². The number of anilines is 1. The fraction of sp³-hybridized carbons (Fsp3) is 0.436. The lowest BCUT2D eigenvalue weighted by molar-refractivity contribution is -0.673. The summed E-state index contributed by atoms with van der Waals surface area (Å²) in [6.07, 6.45) is 5.47. The van der Waals surface area contributed by atoms with Crippen molar-refractivity contribution in [3.8, 4) is 0 Å². The number of amides is 2. The Balaban J connectivity index is 1.48. The zero-order chi connectivity index (χ0) is 42.4. The smallest absolute Gasteiger partial charge is 0.333 e. The summed E-state index contributed by atoms with van der Waals surface area (Å²) in [6, 6.07) is 11.0. The van der Waals surface area contributed by atoms with E-state index in [1.807, 2.05) is 34.9 Å². The highest BCUT2D eigenvalue weighted by atomic mass is 32.2. The highest BCUT2D eigenvalue weighted by molar-refractivity contribution is 7.85. The molecule has 1 N–H and O–H groups in total. The molecule has 58 heavy (non-hydrogen) atoms. The Morgan fingerprint density at radius 1 is 0.879 bits per heavy atom. The zero-order valence-corrected chi connectivity index (χ0v) is 33.2.